The zero-order valence-electron chi connectivity index (χ0n) is 13.0. The normalized spacial score (nSPS) is 12.9. The van der Waals surface area contributed by atoms with E-state index >= 15 is 0 Å². The molecule has 0 bridgehead atoms. The molecule has 1 heterocycles. The van der Waals surface area contributed by atoms with E-state index in [0.29, 0.717) is 30.9 Å². The lowest BCUT2D eigenvalue weighted by Crippen LogP contribution is -2.30. The average Bonchev–Trinajstić information content (AvgIpc) is 2.91. The Kier molecular flexibility index (Phi) is 4.39. The fourth-order valence-electron chi connectivity index (χ4n) is 2.76. The second kappa shape index (κ2) is 6.62. The Balaban J connectivity index is 1.61. The Hall–Kier alpha value is -2.66. The van der Waals surface area contributed by atoms with Crippen molar-refractivity contribution in [3.05, 3.63) is 65.2 Å². The number of fused-ring (bicyclic) bond motifs is 1. The van der Waals surface area contributed by atoms with Gasteiger partial charge >= 0.3 is 0 Å². The van der Waals surface area contributed by atoms with Crippen molar-refractivity contribution in [1.82, 2.24) is 10.2 Å². The lowest BCUT2D eigenvalue weighted by Gasteiger charge is -2.17. The van der Waals surface area contributed by atoms with Crippen LogP contribution in [0.5, 0.6) is 0 Å². The van der Waals surface area contributed by atoms with Crippen molar-refractivity contribution in [2.75, 3.05) is 18.9 Å². The van der Waals surface area contributed by atoms with Gasteiger partial charge < -0.3 is 10.6 Å². The summed E-state index contributed by atoms with van der Waals surface area (Å²) in [6.45, 7) is 1.46. The number of hydrogen-bond donors (Lipinski definition) is 2. The molecule has 2 N–H and O–H groups in total. The van der Waals surface area contributed by atoms with Crippen molar-refractivity contribution in [2.24, 2.45) is 0 Å². The smallest absolute Gasteiger partial charge is 0.251 e. The molecule has 2 amide bonds. The monoisotopic (exact) mass is 309 g/mol. The summed E-state index contributed by atoms with van der Waals surface area (Å²) in [4.78, 5) is 25.8. The molecule has 0 aromatic heterocycles. The first-order valence-corrected chi connectivity index (χ1v) is 7.56. The van der Waals surface area contributed by atoms with Crippen LogP contribution in [0.4, 0.5) is 5.69 Å². The molecule has 0 saturated carbocycles. The van der Waals surface area contributed by atoms with E-state index in [1.54, 1.807) is 12.1 Å². The molecule has 23 heavy (non-hydrogen) atoms. The summed E-state index contributed by atoms with van der Waals surface area (Å²) in [6, 6.07) is 15.4. The maximum atomic E-state index is 12.2. The van der Waals surface area contributed by atoms with Gasteiger partial charge in [0.1, 0.15) is 0 Å². The number of anilines is 1. The molecule has 118 valence electrons. The number of rotatable bonds is 5. The Labute approximate surface area is 135 Å². The van der Waals surface area contributed by atoms with Gasteiger partial charge in [-0.05, 0) is 24.7 Å². The first-order valence-electron chi connectivity index (χ1n) is 7.56. The molecule has 3 rings (SSSR count). The predicted octanol–water partition coefficient (Wildman–Crippen LogP) is 2.00. The van der Waals surface area contributed by atoms with Gasteiger partial charge in [0.05, 0.1) is 6.54 Å². The van der Waals surface area contributed by atoms with Crippen molar-refractivity contribution in [3.8, 4) is 0 Å². The first kappa shape index (κ1) is 15.2. The molecule has 2 aromatic carbocycles. The molecule has 0 radical (unpaired) electrons. The second-order valence-corrected chi connectivity index (χ2v) is 5.72. The number of hydrogen-bond acceptors (Lipinski definition) is 3. The van der Waals surface area contributed by atoms with E-state index in [2.05, 4.69) is 10.6 Å². The van der Waals surface area contributed by atoms with Crippen LogP contribution in [0.1, 0.15) is 21.5 Å². The largest absolute Gasteiger partial charge is 0.348 e. The van der Waals surface area contributed by atoms with Crippen LogP contribution >= 0.6 is 0 Å². The maximum Gasteiger partial charge on any atom is 0.251 e. The molecule has 0 fully saturated rings. The quantitative estimate of drug-likeness (QED) is 0.888. The van der Waals surface area contributed by atoms with E-state index < -0.39 is 0 Å². The zero-order valence-corrected chi connectivity index (χ0v) is 13.0. The summed E-state index contributed by atoms with van der Waals surface area (Å²) in [6.07, 6.45) is 0. The van der Waals surface area contributed by atoms with Crippen LogP contribution in [0, 0.1) is 0 Å². The fraction of sp³-hybridized carbons (Fsp3) is 0.222. The molecule has 2 aromatic rings. The molecule has 0 saturated heterocycles. The number of carbonyl (C=O) groups excluding carboxylic acids is 2. The van der Waals surface area contributed by atoms with Gasteiger partial charge in [0.25, 0.3) is 5.91 Å². The summed E-state index contributed by atoms with van der Waals surface area (Å²) >= 11 is 0. The van der Waals surface area contributed by atoms with Gasteiger partial charge in [-0.2, -0.15) is 0 Å². The minimum Gasteiger partial charge on any atom is -0.348 e. The summed E-state index contributed by atoms with van der Waals surface area (Å²) in [5, 5.41) is 5.68. The van der Waals surface area contributed by atoms with Gasteiger partial charge in [-0.1, -0.05) is 36.4 Å². The van der Waals surface area contributed by atoms with Crippen molar-refractivity contribution >= 4 is 17.5 Å². The van der Waals surface area contributed by atoms with Crippen LogP contribution in [0.3, 0.4) is 0 Å². The Bertz CT molecular complexity index is 728. The van der Waals surface area contributed by atoms with Gasteiger partial charge in [0.2, 0.25) is 5.91 Å². The van der Waals surface area contributed by atoms with Gasteiger partial charge in [-0.15, -0.1) is 0 Å². The highest BCUT2D eigenvalue weighted by Crippen LogP contribution is 2.24. The Morgan fingerprint density at radius 1 is 1.17 bits per heavy atom. The summed E-state index contributed by atoms with van der Waals surface area (Å²) in [7, 11) is 1.91. The van der Waals surface area contributed by atoms with E-state index in [9.17, 15) is 9.59 Å². The second-order valence-electron chi connectivity index (χ2n) is 5.72. The van der Waals surface area contributed by atoms with Crippen LogP contribution in [0.2, 0.25) is 0 Å². The SMILES string of the molecule is CN(CC(=O)Nc1cccc2c1CNC2=O)Cc1ccccc1. The number of amides is 2. The maximum absolute atomic E-state index is 12.2. The van der Waals surface area contributed by atoms with Gasteiger partial charge in [0.15, 0.2) is 0 Å². The lowest BCUT2D eigenvalue weighted by atomic mass is 10.1. The highest BCUT2D eigenvalue weighted by Gasteiger charge is 2.22. The molecule has 1 aliphatic rings. The fourth-order valence-corrected chi connectivity index (χ4v) is 2.76. The third-order valence-corrected chi connectivity index (χ3v) is 3.83. The highest BCUT2D eigenvalue weighted by atomic mass is 16.2. The molecular weight excluding hydrogens is 290 g/mol. The van der Waals surface area contributed by atoms with E-state index in [0.717, 1.165) is 11.1 Å². The summed E-state index contributed by atoms with van der Waals surface area (Å²) in [5.74, 6) is -0.173. The van der Waals surface area contributed by atoms with E-state index in [1.165, 1.54) is 0 Å². The topological polar surface area (TPSA) is 61.4 Å². The molecule has 0 aliphatic carbocycles. The standard InChI is InChI=1S/C18H19N3O2/c1-21(11-13-6-3-2-4-7-13)12-17(22)20-16-9-5-8-14-15(16)10-19-18(14)23/h2-9H,10-12H2,1H3,(H,19,23)(H,20,22). The molecule has 5 heteroatoms. The third-order valence-electron chi connectivity index (χ3n) is 3.83. The van der Waals surface area contributed by atoms with E-state index in [4.69, 9.17) is 0 Å². The average molecular weight is 309 g/mol. The van der Waals surface area contributed by atoms with Crippen LogP contribution in [-0.4, -0.2) is 30.3 Å². The number of nitrogens with zero attached hydrogens (tertiary/aromatic N) is 1. The van der Waals surface area contributed by atoms with Crippen molar-refractivity contribution in [1.29, 1.82) is 0 Å². The van der Waals surface area contributed by atoms with Crippen molar-refractivity contribution in [3.63, 3.8) is 0 Å². The molecule has 0 unspecified atom stereocenters. The molecule has 0 spiro atoms. The zero-order chi connectivity index (χ0) is 16.2. The van der Waals surface area contributed by atoms with E-state index in [1.807, 2.05) is 48.3 Å². The lowest BCUT2D eigenvalue weighted by molar-refractivity contribution is -0.117. The van der Waals surface area contributed by atoms with Crippen molar-refractivity contribution in [2.45, 2.75) is 13.1 Å². The molecule has 5 nitrogen and oxygen atoms in total. The third kappa shape index (κ3) is 3.57. The summed E-state index contributed by atoms with van der Waals surface area (Å²) in [5.41, 5.74) is 3.37. The number of carbonyl (C=O) groups is 2. The predicted molar refractivity (Wildman–Crippen MR) is 89.0 cm³/mol. The van der Waals surface area contributed by atoms with Gasteiger partial charge in [0, 0.05) is 29.9 Å². The molecule has 1 aliphatic heterocycles. The first-order chi connectivity index (χ1) is 11.1. The van der Waals surface area contributed by atoms with Crippen LogP contribution in [-0.2, 0) is 17.9 Å². The highest BCUT2D eigenvalue weighted by molar-refractivity contribution is 6.02. The summed E-state index contributed by atoms with van der Waals surface area (Å²) < 4.78 is 0. The Morgan fingerprint density at radius 3 is 2.74 bits per heavy atom. The van der Waals surface area contributed by atoms with Gasteiger partial charge in [-0.25, -0.2) is 0 Å². The van der Waals surface area contributed by atoms with Crippen LogP contribution < -0.4 is 10.6 Å². The minimum atomic E-state index is -0.0869. The van der Waals surface area contributed by atoms with E-state index in [-0.39, 0.29) is 11.8 Å². The molecular formula is C18H19N3O2. The number of benzene rings is 2. The molecule has 0 atom stereocenters. The number of likely N-dealkylation sites (N-methyl/N-ethyl adjacent to an activating group) is 1. The van der Waals surface area contributed by atoms with Crippen LogP contribution in [0.25, 0.3) is 0 Å². The Morgan fingerprint density at radius 2 is 1.96 bits per heavy atom. The van der Waals surface area contributed by atoms with Crippen molar-refractivity contribution < 1.29 is 9.59 Å². The minimum absolute atomic E-state index is 0.0858. The van der Waals surface area contributed by atoms with Gasteiger partial charge in [-0.3, -0.25) is 14.5 Å². The number of nitrogens with one attached hydrogen (secondary N) is 2. The van der Waals surface area contributed by atoms with Crippen LogP contribution in [0.15, 0.2) is 48.5 Å².